The first-order valence-electron chi connectivity index (χ1n) is 17.7. The lowest BCUT2D eigenvalue weighted by atomic mass is 9.82. The van der Waals surface area contributed by atoms with Gasteiger partial charge in [0.15, 0.2) is 0 Å². The molecule has 2 nitrogen and oxygen atoms in total. The van der Waals surface area contributed by atoms with E-state index in [0.717, 1.165) is 44.4 Å². The summed E-state index contributed by atoms with van der Waals surface area (Å²) in [6.45, 7) is 4.70. The van der Waals surface area contributed by atoms with Gasteiger partial charge in [-0.05, 0) is 86.6 Å². The summed E-state index contributed by atoms with van der Waals surface area (Å²) in [6, 6.07) is 63.7. The van der Waals surface area contributed by atoms with E-state index in [9.17, 15) is 0 Å². The van der Waals surface area contributed by atoms with Crippen LogP contribution in [0.4, 0.5) is 17.1 Å². The van der Waals surface area contributed by atoms with Crippen molar-refractivity contribution in [3.63, 3.8) is 0 Å². The molecule has 0 N–H and O–H groups in total. The van der Waals surface area contributed by atoms with Gasteiger partial charge in [0.05, 0.1) is 11.4 Å². The molecule has 51 heavy (non-hydrogen) atoms. The van der Waals surface area contributed by atoms with Crippen molar-refractivity contribution < 1.29 is 4.42 Å². The number of hydrogen-bond donors (Lipinski definition) is 0. The van der Waals surface area contributed by atoms with Crippen molar-refractivity contribution in [3.05, 3.63) is 187 Å². The van der Waals surface area contributed by atoms with Crippen LogP contribution in [-0.2, 0) is 5.41 Å². The minimum Gasteiger partial charge on any atom is -0.456 e. The molecule has 0 fully saturated rings. The van der Waals surface area contributed by atoms with Crippen LogP contribution >= 0.6 is 0 Å². The van der Waals surface area contributed by atoms with Gasteiger partial charge in [-0.2, -0.15) is 0 Å². The molecule has 0 spiro atoms. The smallest absolute Gasteiger partial charge is 0.136 e. The maximum absolute atomic E-state index is 6.56. The first-order valence-corrected chi connectivity index (χ1v) is 17.7. The summed E-state index contributed by atoms with van der Waals surface area (Å²) in [5.41, 5.74) is 15.1. The van der Waals surface area contributed by atoms with Crippen LogP contribution in [0.2, 0.25) is 0 Å². The number of rotatable bonds is 5. The maximum Gasteiger partial charge on any atom is 0.136 e. The van der Waals surface area contributed by atoms with Gasteiger partial charge in [-0.15, -0.1) is 0 Å². The van der Waals surface area contributed by atoms with E-state index >= 15 is 0 Å². The molecule has 0 unspecified atom stereocenters. The molecule has 0 amide bonds. The topological polar surface area (TPSA) is 16.4 Å². The fourth-order valence-electron chi connectivity index (χ4n) is 8.40. The minimum atomic E-state index is -0.117. The van der Waals surface area contributed by atoms with E-state index in [1.165, 1.54) is 49.8 Å². The Morgan fingerprint density at radius 3 is 1.88 bits per heavy atom. The van der Waals surface area contributed by atoms with E-state index in [0.29, 0.717) is 0 Å². The highest BCUT2D eigenvalue weighted by Crippen LogP contribution is 2.55. The van der Waals surface area contributed by atoms with Crippen LogP contribution in [0, 0.1) is 0 Å². The van der Waals surface area contributed by atoms with Crippen molar-refractivity contribution in [2.45, 2.75) is 19.3 Å². The van der Waals surface area contributed by atoms with Crippen LogP contribution in [0.15, 0.2) is 180 Å². The van der Waals surface area contributed by atoms with E-state index in [1.807, 2.05) is 0 Å². The highest BCUT2D eigenvalue weighted by Gasteiger charge is 2.38. The monoisotopic (exact) mass is 653 g/mol. The molecular formula is C49H35NO. The maximum atomic E-state index is 6.56. The third kappa shape index (κ3) is 4.57. The molecule has 9 aromatic rings. The number of para-hydroxylation sites is 1. The SMILES string of the molecule is CC1(C)c2ccccc2-c2c(N(c3ccc(-c4ccccc4)cc3)c3ccccc3-c3cccc4oc5cc6ccccc6cc5c34)cccc21. The van der Waals surface area contributed by atoms with Crippen LogP contribution in [0.25, 0.3) is 66.1 Å². The van der Waals surface area contributed by atoms with Crippen LogP contribution in [0.5, 0.6) is 0 Å². The van der Waals surface area contributed by atoms with Gasteiger partial charge in [0.2, 0.25) is 0 Å². The molecule has 0 atom stereocenters. The highest BCUT2D eigenvalue weighted by atomic mass is 16.3. The van der Waals surface area contributed by atoms with Gasteiger partial charge >= 0.3 is 0 Å². The average Bonchev–Trinajstić information content (AvgIpc) is 3.66. The van der Waals surface area contributed by atoms with Gasteiger partial charge in [0, 0.05) is 33.0 Å². The quantitative estimate of drug-likeness (QED) is 0.184. The molecular weight excluding hydrogens is 619 g/mol. The number of nitrogens with zero attached hydrogens (tertiary/aromatic N) is 1. The zero-order valence-electron chi connectivity index (χ0n) is 28.6. The van der Waals surface area contributed by atoms with Crippen molar-refractivity contribution >= 4 is 49.8 Å². The largest absolute Gasteiger partial charge is 0.456 e. The lowest BCUT2D eigenvalue weighted by Crippen LogP contribution is -2.16. The fourth-order valence-corrected chi connectivity index (χ4v) is 8.40. The second kappa shape index (κ2) is 11.3. The van der Waals surface area contributed by atoms with Crippen molar-refractivity contribution in [1.82, 2.24) is 0 Å². The van der Waals surface area contributed by atoms with Gasteiger partial charge in [-0.1, -0.05) is 147 Å². The second-order valence-electron chi connectivity index (χ2n) is 14.1. The summed E-state index contributed by atoms with van der Waals surface area (Å²) in [5, 5.41) is 4.65. The molecule has 2 heteroatoms. The Kier molecular flexibility index (Phi) is 6.56. The van der Waals surface area contributed by atoms with Crippen molar-refractivity contribution in [2.75, 3.05) is 4.90 Å². The Bertz CT molecular complexity index is 2770. The molecule has 0 saturated carbocycles. The predicted octanol–water partition coefficient (Wildman–Crippen LogP) is 13.8. The number of fused-ring (bicyclic) bond motifs is 7. The summed E-state index contributed by atoms with van der Waals surface area (Å²) in [6.07, 6.45) is 0. The summed E-state index contributed by atoms with van der Waals surface area (Å²) in [4.78, 5) is 2.47. The Morgan fingerprint density at radius 2 is 1.06 bits per heavy atom. The number of hydrogen-bond acceptors (Lipinski definition) is 2. The van der Waals surface area contributed by atoms with Gasteiger partial charge in [-0.25, -0.2) is 0 Å². The molecule has 1 aliphatic carbocycles. The normalized spacial score (nSPS) is 13.1. The van der Waals surface area contributed by atoms with E-state index in [2.05, 4.69) is 195 Å². The third-order valence-electron chi connectivity index (χ3n) is 10.9. The lowest BCUT2D eigenvalue weighted by molar-refractivity contribution is 0.660. The Hall–Kier alpha value is -6.38. The molecule has 0 bridgehead atoms. The summed E-state index contributed by atoms with van der Waals surface area (Å²) >= 11 is 0. The van der Waals surface area contributed by atoms with E-state index in [4.69, 9.17) is 4.42 Å². The molecule has 8 aromatic carbocycles. The van der Waals surface area contributed by atoms with Crippen molar-refractivity contribution in [3.8, 4) is 33.4 Å². The predicted molar refractivity (Wildman–Crippen MR) is 214 cm³/mol. The van der Waals surface area contributed by atoms with Gasteiger partial charge in [-0.3, -0.25) is 0 Å². The van der Waals surface area contributed by atoms with E-state index in [1.54, 1.807) is 0 Å². The molecule has 242 valence electrons. The first-order chi connectivity index (χ1) is 25.1. The van der Waals surface area contributed by atoms with Gasteiger partial charge in [0.1, 0.15) is 11.2 Å². The molecule has 1 heterocycles. The minimum absolute atomic E-state index is 0.117. The highest BCUT2D eigenvalue weighted by molar-refractivity contribution is 6.16. The molecule has 0 saturated heterocycles. The first kappa shape index (κ1) is 29.5. The Labute approximate surface area is 297 Å². The zero-order valence-corrected chi connectivity index (χ0v) is 28.6. The average molecular weight is 654 g/mol. The molecule has 0 aliphatic heterocycles. The van der Waals surface area contributed by atoms with Crippen LogP contribution in [-0.4, -0.2) is 0 Å². The van der Waals surface area contributed by atoms with Crippen LogP contribution in [0.1, 0.15) is 25.0 Å². The molecule has 1 aliphatic rings. The van der Waals surface area contributed by atoms with E-state index in [-0.39, 0.29) is 5.41 Å². The molecule has 10 rings (SSSR count). The third-order valence-corrected chi connectivity index (χ3v) is 10.9. The van der Waals surface area contributed by atoms with Gasteiger partial charge in [0.25, 0.3) is 0 Å². The lowest BCUT2D eigenvalue weighted by Gasteiger charge is -2.30. The van der Waals surface area contributed by atoms with Crippen LogP contribution < -0.4 is 4.90 Å². The Balaban J connectivity index is 1.24. The van der Waals surface area contributed by atoms with Gasteiger partial charge < -0.3 is 9.32 Å². The standard InChI is InChI=1S/C49H35NO/c1-49(2)41-21-10-8-19-39(41)48-42(49)22-13-24-44(48)50(36-28-26-33(27-29-36)32-14-4-3-5-15-32)43-23-11-9-18-37(43)38-20-12-25-45-47(38)40-30-34-16-6-7-17-35(34)31-46(40)51-45/h3-31H,1-2H3. The second-order valence-corrected chi connectivity index (χ2v) is 14.1. The van der Waals surface area contributed by atoms with Crippen molar-refractivity contribution in [1.29, 1.82) is 0 Å². The van der Waals surface area contributed by atoms with E-state index < -0.39 is 0 Å². The summed E-state index contributed by atoms with van der Waals surface area (Å²) in [7, 11) is 0. The van der Waals surface area contributed by atoms with Crippen LogP contribution in [0.3, 0.4) is 0 Å². The summed E-state index contributed by atoms with van der Waals surface area (Å²) < 4.78 is 6.56. The zero-order chi connectivity index (χ0) is 34.1. The molecule has 0 radical (unpaired) electrons. The molecule has 1 aromatic heterocycles. The van der Waals surface area contributed by atoms with Crippen molar-refractivity contribution in [2.24, 2.45) is 0 Å². The number of benzene rings is 8. The Morgan fingerprint density at radius 1 is 0.451 bits per heavy atom. The number of furan rings is 1. The fraction of sp³-hybridized carbons (Fsp3) is 0.0612. The summed E-state index contributed by atoms with van der Waals surface area (Å²) in [5.74, 6) is 0. The number of anilines is 3.